The summed E-state index contributed by atoms with van der Waals surface area (Å²) < 4.78 is 2.86. The van der Waals surface area contributed by atoms with Gasteiger partial charge in [-0.1, -0.05) is 25.1 Å². The number of hydrogen-bond acceptors (Lipinski definition) is 4. The van der Waals surface area contributed by atoms with Crippen LogP contribution in [-0.4, -0.2) is 31.9 Å². The van der Waals surface area contributed by atoms with Crippen LogP contribution in [0.4, 0.5) is 5.69 Å². The smallest absolute Gasteiger partial charge is 0.311 e. The number of fused-ring (bicyclic) bond motifs is 2. The minimum absolute atomic E-state index is 0.0242. The van der Waals surface area contributed by atoms with Gasteiger partial charge in [-0.25, -0.2) is 9.48 Å². The first-order valence-electron chi connectivity index (χ1n) is 8.74. The Hall–Kier alpha value is -2.54. The second-order valence-corrected chi connectivity index (χ2v) is 7.90. The summed E-state index contributed by atoms with van der Waals surface area (Å²) in [6.07, 6.45) is 2.88. The van der Waals surface area contributed by atoms with Crippen LogP contribution in [0.2, 0.25) is 0 Å². The lowest BCUT2D eigenvalue weighted by molar-refractivity contribution is -0.118. The normalized spacial score (nSPS) is 17.1. The number of amides is 1. The van der Waals surface area contributed by atoms with Crippen LogP contribution < -0.4 is 10.6 Å². The van der Waals surface area contributed by atoms with Gasteiger partial charge in [0.15, 0.2) is 5.65 Å². The van der Waals surface area contributed by atoms with E-state index >= 15 is 0 Å². The number of carbonyl (C=O) groups is 1. The average Bonchev–Trinajstić information content (AvgIpc) is 2.86. The summed E-state index contributed by atoms with van der Waals surface area (Å²) >= 11 is 1.81. The maximum Gasteiger partial charge on any atom is 0.350 e. The van der Waals surface area contributed by atoms with E-state index in [2.05, 4.69) is 18.1 Å². The number of rotatable bonds is 3. The van der Waals surface area contributed by atoms with Crippen molar-refractivity contribution in [1.82, 2.24) is 14.2 Å². The van der Waals surface area contributed by atoms with Crippen molar-refractivity contribution >= 4 is 29.0 Å². The van der Waals surface area contributed by atoms with Crippen molar-refractivity contribution < 1.29 is 4.79 Å². The molecule has 1 aromatic carbocycles. The molecular formula is C19H20N4O2S. The van der Waals surface area contributed by atoms with Crippen LogP contribution in [0.25, 0.3) is 5.65 Å². The molecule has 0 aliphatic carbocycles. The van der Waals surface area contributed by atoms with Gasteiger partial charge >= 0.3 is 5.69 Å². The number of pyridine rings is 1. The Morgan fingerprint density at radius 1 is 1.23 bits per heavy atom. The number of anilines is 1. The molecule has 0 bridgehead atoms. The SMILES string of the molecule is CC1CCN(C(=O)CCn2nc3ccccn3c2=O)c2ccccc2S1. The largest absolute Gasteiger partial charge is 0.350 e. The molecule has 0 fully saturated rings. The third-order valence-electron chi connectivity index (χ3n) is 4.57. The number of nitrogens with zero attached hydrogens (tertiary/aromatic N) is 4. The molecule has 0 radical (unpaired) electrons. The number of hydrogen-bond donors (Lipinski definition) is 0. The molecule has 0 saturated carbocycles. The summed E-state index contributed by atoms with van der Waals surface area (Å²) in [7, 11) is 0. The maximum atomic E-state index is 12.9. The Bertz CT molecular complexity index is 1010. The summed E-state index contributed by atoms with van der Waals surface area (Å²) in [5.41, 5.74) is 1.35. The number of thioether (sulfide) groups is 1. The molecule has 3 aromatic rings. The van der Waals surface area contributed by atoms with Crippen LogP contribution in [0, 0.1) is 0 Å². The predicted octanol–water partition coefficient (Wildman–Crippen LogP) is 2.80. The highest BCUT2D eigenvalue weighted by Crippen LogP contribution is 2.37. The molecule has 2 aromatic heterocycles. The van der Waals surface area contributed by atoms with Gasteiger partial charge in [-0.15, -0.1) is 16.9 Å². The van der Waals surface area contributed by atoms with E-state index in [1.807, 2.05) is 40.9 Å². The Labute approximate surface area is 155 Å². The van der Waals surface area contributed by atoms with Crippen molar-refractivity contribution in [2.24, 2.45) is 0 Å². The van der Waals surface area contributed by atoms with E-state index in [1.165, 1.54) is 9.08 Å². The van der Waals surface area contributed by atoms with E-state index in [0.717, 1.165) is 17.0 Å². The van der Waals surface area contributed by atoms with Crippen molar-refractivity contribution in [2.75, 3.05) is 11.4 Å². The summed E-state index contributed by atoms with van der Waals surface area (Å²) in [4.78, 5) is 28.2. The van der Waals surface area contributed by atoms with Crippen LogP contribution in [0.1, 0.15) is 19.8 Å². The number of carbonyl (C=O) groups excluding carboxylic acids is 1. The van der Waals surface area contributed by atoms with Gasteiger partial charge in [0.25, 0.3) is 0 Å². The highest BCUT2D eigenvalue weighted by atomic mass is 32.2. The molecule has 0 N–H and O–H groups in total. The number of aromatic nitrogens is 3. The van der Waals surface area contributed by atoms with Gasteiger partial charge in [0.2, 0.25) is 5.91 Å². The summed E-state index contributed by atoms with van der Waals surface area (Å²) in [5, 5.41) is 4.76. The lowest BCUT2D eigenvalue weighted by Crippen LogP contribution is -2.34. The molecule has 1 unspecified atom stereocenters. The third kappa shape index (κ3) is 3.14. The summed E-state index contributed by atoms with van der Waals surface area (Å²) in [6.45, 7) is 3.16. The summed E-state index contributed by atoms with van der Waals surface area (Å²) in [5.74, 6) is 0.0242. The van der Waals surface area contributed by atoms with Crippen LogP contribution in [0.3, 0.4) is 0 Å². The number of aryl methyl sites for hydroxylation is 1. The lowest BCUT2D eigenvalue weighted by atomic mass is 10.2. The highest BCUT2D eigenvalue weighted by molar-refractivity contribution is 8.00. The fourth-order valence-corrected chi connectivity index (χ4v) is 4.31. The average molecular weight is 368 g/mol. The van der Waals surface area contributed by atoms with E-state index in [-0.39, 0.29) is 24.6 Å². The van der Waals surface area contributed by atoms with Gasteiger partial charge in [0.05, 0.1) is 12.2 Å². The quantitative estimate of drug-likeness (QED) is 0.713. The Balaban J connectivity index is 1.54. The first-order valence-corrected chi connectivity index (χ1v) is 9.62. The molecule has 134 valence electrons. The van der Waals surface area contributed by atoms with E-state index in [9.17, 15) is 9.59 Å². The highest BCUT2D eigenvalue weighted by Gasteiger charge is 2.24. The summed E-state index contributed by atoms with van der Waals surface area (Å²) in [6, 6.07) is 13.4. The minimum atomic E-state index is -0.214. The first-order chi connectivity index (χ1) is 12.6. The van der Waals surface area contributed by atoms with Crippen molar-refractivity contribution in [3.05, 3.63) is 59.1 Å². The number of benzene rings is 1. The Morgan fingerprint density at radius 2 is 2.04 bits per heavy atom. The van der Waals surface area contributed by atoms with Crippen molar-refractivity contribution in [3.63, 3.8) is 0 Å². The molecule has 6 nitrogen and oxygen atoms in total. The standard InChI is InChI=1S/C19H20N4O2S/c1-14-9-12-21(15-6-2-3-7-16(15)26-14)18(24)10-13-23-19(25)22-11-5-4-8-17(22)20-23/h2-8,11,14H,9-10,12-13H2,1H3. The monoisotopic (exact) mass is 368 g/mol. The molecule has 4 rings (SSSR count). The van der Waals surface area contributed by atoms with E-state index < -0.39 is 0 Å². The molecule has 1 atom stereocenters. The van der Waals surface area contributed by atoms with E-state index in [1.54, 1.807) is 18.3 Å². The third-order valence-corrected chi connectivity index (χ3v) is 5.81. The Morgan fingerprint density at radius 3 is 2.88 bits per heavy atom. The van der Waals surface area contributed by atoms with Gasteiger partial charge in [0.1, 0.15) is 0 Å². The molecule has 26 heavy (non-hydrogen) atoms. The Kier molecular flexibility index (Phi) is 4.55. The molecule has 0 saturated heterocycles. The predicted molar refractivity (Wildman–Crippen MR) is 103 cm³/mol. The van der Waals surface area contributed by atoms with Crippen molar-refractivity contribution in [1.29, 1.82) is 0 Å². The molecule has 7 heteroatoms. The van der Waals surface area contributed by atoms with E-state index in [4.69, 9.17) is 0 Å². The van der Waals surface area contributed by atoms with Crippen LogP contribution in [0.5, 0.6) is 0 Å². The van der Waals surface area contributed by atoms with E-state index in [0.29, 0.717) is 17.4 Å². The zero-order valence-corrected chi connectivity index (χ0v) is 15.4. The van der Waals surface area contributed by atoms with Crippen molar-refractivity contribution in [3.8, 4) is 0 Å². The number of para-hydroxylation sites is 1. The molecule has 3 heterocycles. The first kappa shape index (κ1) is 16.9. The van der Waals surface area contributed by atoms with Gasteiger partial charge in [-0.3, -0.25) is 9.20 Å². The topological polar surface area (TPSA) is 59.6 Å². The van der Waals surface area contributed by atoms with Crippen LogP contribution >= 0.6 is 11.8 Å². The molecular weight excluding hydrogens is 348 g/mol. The fourth-order valence-electron chi connectivity index (χ4n) is 3.20. The molecule has 1 aliphatic heterocycles. The fraction of sp³-hybridized carbons (Fsp3) is 0.316. The zero-order valence-electron chi connectivity index (χ0n) is 14.5. The lowest BCUT2D eigenvalue weighted by Gasteiger charge is -2.22. The van der Waals surface area contributed by atoms with Crippen LogP contribution in [0.15, 0.2) is 58.4 Å². The van der Waals surface area contributed by atoms with Gasteiger partial charge in [-0.05, 0) is 30.7 Å². The minimum Gasteiger partial charge on any atom is -0.311 e. The van der Waals surface area contributed by atoms with Gasteiger partial charge in [0, 0.05) is 29.3 Å². The van der Waals surface area contributed by atoms with Gasteiger partial charge < -0.3 is 4.90 Å². The molecule has 1 aliphatic rings. The zero-order chi connectivity index (χ0) is 18.1. The molecule has 1 amide bonds. The van der Waals surface area contributed by atoms with Crippen molar-refractivity contribution in [2.45, 2.75) is 36.5 Å². The molecule has 0 spiro atoms. The van der Waals surface area contributed by atoms with Crippen LogP contribution in [-0.2, 0) is 11.3 Å². The second kappa shape index (κ2) is 6.99. The maximum absolute atomic E-state index is 12.9. The second-order valence-electron chi connectivity index (χ2n) is 6.41. The van der Waals surface area contributed by atoms with Gasteiger partial charge in [-0.2, -0.15) is 0 Å².